The van der Waals surface area contributed by atoms with Gasteiger partial charge >= 0.3 is 0 Å². The molecule has 9 rings (SSSR count). The number of fused-ring (bicyclic) bond motifs is 2. The van der Waals surface area contributed by atoms with Gasteiger partial charge in [0.05, 0.1) is 0 Å². The summed E-state index contributed by atoms with van der Waals surface area (Å²) in [5.41, 5.74) is 18.1. The summed E-state index contributed by atoms with van der Waals surface area (Å²) in [7, 11) is 0. The largest absolute Gasteiger partial charge is 0.314 e. The third-order valence-corrected chi connectivity index (χ3v) is 14.3. The van der Waals surface area contributed by atoms with Crippen LogP contribution in [0.25, 0.3) is 38.2 Å². The van der Waals surface area contributed by atoms with Crippen LogP contribution in [0.2, 0.25) is 0 Å². The summed E-state index contributed by atoms with van der Waals surface area (Å²) in [6, 6.07) is 53.4. The monoisotopic (exact) mass is 893 g/mol. The highest BCUT2D eigenvalue weighted by atomic mass is 15.2. The lowest BCUT2D eigenvalue weighted by molar-refractivity contribution is 0.479. The SMILES string of the molecule is CC(C)(C)C1=CC=C(N(c2ccc(C(C)(C)C)cc2)c2ccc3c(C4=CC=CCC4)c4cc(N(c5ccc(C(C)(C)C)cc5)c5ccc(C(C)(C)C)cc5)ccc4c(-c4ccccc4)c3c2)CC1. The first-order chi connectivity index (χ1) is 32.3. The van der Waals surface area contributed by atoms with Gasteiger partial charge in [0.2, 0.25) is 0 Å². The molecule has 0 saturated carbocycles. The lowest BCUT2D eigenvalue weighted by Crippen LogP contribution is -2.20. The quantitative estimate of drug-likeness (QED) is 0.140. The summed E-state index contributed by atoms with van der Waals surface area (Å²) in [4.78, 5) is 4.98. The molecule has 0 spiro atoms. The Bertz CT molecular complexity index is 3030. The molecule has 2 nitrogen and oxygen atoms in total. The Hall–Kier alpha value is -6.38. The topological polar surface area (TPSA) is 6.48 Å². The summed E-state index contributed by atoms with van der Waals surface area (Å²) in [6.07, 6.45) is 15.7. The number of rotatable bonds is 8. The second kappa shape index (κ2) is 17.9. The number of hydrogen-bond acceptors (Lipinski definition) is 2. The van der Waals surface area contributed by atoms with Gasteiger partial charge in [0.15, 0.2) is 0 Å². The molecule has 0 atom stereocenters. The molecule has 2 heteroatoms. The van der Waals surface area contributed by atoms with E-state index in [-0.39, 0.29) is 21.7 Å². The lowest BCUT2D eigenvalue weighted by Gasteiger charge is -2.33. The van der Waals surface area contributed by atoms with Crippen molar-refractivity contribution in [3.05, 3.63) is 203 Å². The summed E-state index contributed by atoms with van der Waals surface area (Å²) < 4.78 is 0. The molecule has 2 aliphatic carbocycles. The fraction of sp³-hybridized carbons (Fsp3) is 0.303. The minimum absolute atomic E-state index is 0.0561. The maximum Gasteiger partial charge on any atom is 0.0468 e. The maximum atomic E-state index is 2.53. The fourth-order valence-corrected chi connectivity index (χ4v) is 10.3. The second-order valence-corrected chi connectivity index (χ2v) is 23.4. The van der Waals surface area contributed by atoms with Crippen LogP contribution < -0.4 is 9.80 Å². The van der Waals surface area contributed by atoms with Crippen molar-refractivity contribution in [1.82, 2.24) is 0 Å². The minimum atomic E-state index is 0.0561. The molecule has 0 heterocycles. The van der Waals surface area contributed by atoms with E-state index >= 15 is 0 Å². The molecule has 0 N–H and O–H groups in total. The Morgan fingerprint density at radius 2 is 0.824 bits per heavy atom. The van der Waals surface area contributed by atoms with Crippen LogP contribution in [0, 0.1) is 5.41 Å². The zero-order chi connectivity index (χ0) is 48.2. The van der Waals surface area contributed by atoms with E-state index in [1.54, 1.807) is 0 Å². The van der Waals surface area contributed by atoms with E-state index in [0.29, 0.717) is 0 Å². The van der Waals surface area contributed by atoms with Gasteiger partial charge in [0.1, 0.15) is 0 Å². The van der Waals surface area contributed by atoms with Gasteiger partial charge in [-0.1, -0.05) is 192 Å². The molecule has 346 valence electrons. The molecule has 2 aliphatic rings. The normalized spacial score (nSPS) is 14.7. The van der Waals surface area contributed by atoms with Crippen molar-refractivity contribution in [3.8, 4) is 11.1 Å². The van der Waals surface area contributed by atoms with Crippen molar-refractivity contribution in [2.24, 2.45) is 5.41 Å². The van der Waals surface area contributed by atoms with E-state index in [0.717, 1.165) is 42.7 Å². The van der Waals surface area contributed by atoms with Crippen LogP contribution in [0.4, 0.5) is 28.4 Å². The van der Waals surface area contributed by atoms with Gasteiger partial charge in [0, 0.05) is 34.1 Å². The Labute approximate surface area is 408 Å². The van der Waals surface area contributed by atoms with Crippen molar-refractivity contribution in [2.75, 3.05) is 9.80 Å². The first-order valence-corrected chi connectivity index (χ1v) is 25.0. The van der Waals surface area contributed by atoms with Crippen molar-refractivity contribution < 1.29 is 0 Å². The number of allylic oxidation sites excluding steroid dienone is 8. The van der Waals surface area contributed by atoms with Crippen LogP contribution in [-0.2, 0) is 16.2 Å². The number of benzene rings is 7. The van der Waals surface area contributed by atoms with Crippen LogP contribution in [0.3, 0.4) is 0 Å². The lowest BCUT2D eigenvalue weighted by atomic mass is 9.81. The molecule has 7 aromatic rings. The molecule has 0 aliphatic heterocycles. The van der Waals surface area contributed by atoms with E-state index in [4.69, 9.17) is 0 Å². The third-order valence-electron chi connectivity index (χ3n) is 14.3. The zero-order valence-electron chi connectivity index (χ0n) is 42.9. The van der Waals surface area contributed by atoms with Gasteiger partial charge in [-0.3, -0.25) is 0 Å². The van der Waals surface area contributed by atoms with Crippen molar-refractivity contribution in [2.45, 2.75) is 125 Å². The molecule has 0 saturated heterocycles. The van der Waals surface area contributed by atoms with E-state index in [1.165, 1.54) is 83.1 Å². The molecular weight excluding hydrogens is 821 g/mol. The Balaban J connectivity index is 1.31. The van der Waals surface area contributed by atoms with E-state index in [9.17, 15) is 0 Å². The summed E-state index contributed by atoms with van der Waals surface area (Å²) in [6.45, 7) is 27.6. The molecule has 0 radical (unpaired) electrons. The highest BCUT2D eigenvalue weighted by molar-refractivity contribution is 6.20. The van der Waals surface area contributed by atoms with Gasteiger partial charge in [-0.15, -0.1) is 0 Å². The molecular formula is C66H72N2. The Kier molecular flexibility index (Phi) is 12.3. The molecule has 7 aromatic carbocycles. The molecule has 68 heavy (non-hydrogen) atoms. The van der Waals surface area contributed by atoms with E-state index < -0.39 is 0 Å². The van der Waals surface area contributed by atoms with Gasteiger partial charge in [-0.05, 0) is 175 Å². The van der Waals surface area contributed by atoms with Gasteiger partial charge in [-0.25, -0.2) is 0 Å². The minimum Gasteiger partial charge on any atom is -0.314 e. The standard InChI is InChI=1S/C66H72N2/c1-63(2,3)47-23-31-51(32-24-47)67(52-33-25-48(26-34-52)64(4,5)6)55-39-41-57-59(43-55)61(45-19-15-13-16-20-45)58-42-40-56(44-60(58)62(57)46-21-17-14-18-22-46)68(53-35-27-49(28-36-53)65(7,8)9)54-37-29-50(30-38-54)66(10,11)12/h13-17,19-21,23-25,27-33,35-44H,18,22,26,34H2,1-12H3. The summed E-state index contributed by atoms with van der Waals surface area (Å²) in [5.74, 6) is 0. The predicted octanol–water partition coefficient (Wildman–Crippen LogP) is 19.5. The third kappa shape index (κ3) is 9.40. The summed E-state index contributed by atoms with van der Waals surface area (Å²) >= 11 is 0. The van der Waals surface area contributed by atoms with Crippen molar-refractivity contribution in [3.63, 3.8) is 0 Å². The Morgan fingerprint density at radius 1 is 0.368 bits per heavy atom. The van der Waals surface area contributed by atoms with Gasteiger partial charge in [-0.2, -0.15) is 0 Å². The Morgan fingerprint density at radius 3 is 1.26 bits per heavy atom. The molecule has 0 aromatic heterocycles. The highest BCUT2D eigenvalue weighted by Crippen LogP contribution is 2.49. The first kappa shape index (κ1) is 46.7. The smallest absolute Gasteiger partial charge is 0.0468 e. The van der Waals surface area contributed by atoms with Gasteiger partial charge in [0.25, 0.3) is 0 Å². The van der Waals surface area contributed by atoms with Crippen molar-refractivity contribution in [1.29, 1.82) is 0 Å². The van der Waals surface area contributed by atoms with Gasteiger partial charge < -0.3 is 9.80 Å². The van der Waals surface area contributed by atoms with Crippen LogP contribution in [0.5, 0.6) is 0 Å². The molecule has 0 unspecified atom stereocenters. The van der Waals surface area contributed by atoms with E-state index in [2.05, 4.69) is 263 Å². The number of nitrogens with zero attached hydrogens (tertiary/aromatic N) is 2. The second-order valence-electron chi connectivity index (χ2n) is 23.4. The highest BCUT2D eigenvalue weighted by Gasteiger charge is 2.27. The molecule has 0 bridgehead atoms. The fourth-order valence-electron chi connectivity index (χ4n) is 10.3. The molecule has 0 amide bonds. The average molecular weight is 893 g/mol. The molecule has 0 fully saturated rings. The van der Waals surface area contributed by atoms with Crippen molar-refractivity contribution >= 4 is 55.6 Å². The zero-order valence-corrected chi connectivity index (χ0v) is 42.9. The first-order valence-electron chi connectivity index (χ1n) is 25.0. The average Bonchev–Trinajstić information content (AvgIpc) is 3.31. The maximum absolute atomic E-state index is 2.53. The number of anilines is 5. The van der Waals surface area contributed by atoms with Crippen LogP contribution in [-0.4, -0.2) is 0 Å². The van der Waals surface area contributed by atoms with Crippen LogP contribution in [0.1, 0.15) is 131 Å². The van der Waals surface area contributed by atoms with Crippen LogP contribution >= 0.6 is 0 Å². The van der Waals surface area contributed by atoms with E-state index in [1.807, 2.05) is 0 Å². The summed E-state index contributed by atoms with van der Waals surface area (Å²) in [5, 5.41) is 5.09. The number of hydrogen-bond donors (Lipinski definition) is 0. The van der Waals surface area contributed by atoms with Crippen LogP contribution in [0.15, 0.2) is 181 Å². The predicted molar refractivity (Wildman–Crippen MR) is 297 cm³/mol.